The van der Waals surface area contributed by atoms with Gasteiger partial charge in [-0.2, -0.15) is 4.31 Å². The molecule has 1 aliphatic rings. The summed E-state index contributed by atoms with van der Waals surface area (Å²) in [4.78, 5) is 20.5. The Bertz CT molecular complexity index is 1520. The van der Waals surface area contributed by atoms with Gasteiger partial charge in [0.2, 0.25) is 10.0 Å². The van der Waals surface area contributed by atoms with E-state index >= 15 is 0 Å². The third-order valence-corrected chi connectivity index (χ3v) is 9.89. The maximum atomic E-state index is 13.8. The van der Waals surface area contributed by atoms with E-state index < -0.39 is 10.0 Å². The number of aromatic nitrogens is 1. The molecule has 1 fully saturated rings. The molecule has 9 heteroatoms. The molecule has 5 rings (SSSR count). The molecule has 2 aromatic carbocycles. The van der Waals surface area contributed by atoms with Gasteiger partial charge in [-0.1, -0.05) is 51.2 Å². The fraction of sp³-hybridized carbons (Fsp3) is 0.379. The Morgan fingerprint density at radius 1 is 1.08 bits per heavy atom. The van der Waals surface area contributed by atoms with Gasteiger partial charge in [0.15, 0.2) is 5.13 Å². The lowest BCUT2D eigenvalue weighted by atomic mass is 9.94. The van der Waals surface area contributed by atoms with Crippen molar-refractivity contribution in [2.45, 2.75) is 51.5 Å². The quantitative estimate of drug-likeness (QED) is 0.261. The normalized spacial score (nSPS) is 18.8. The Morgan fingerprint density at radius 3 is 2.42 bits per heavy atom. The highest BCUT2D eigenvalue weighted by Crippen LogP contribution is 2.35. The number of amides is 1. The molecule has 2 atom stereocenters. The highest BCUT2D eigenvalue weighted by Gasteiger charge is 2.32. The first-order valence-electron chi connectivity index (χ1n) is 13.0. The highest BCUT2D eigenvalue weighted by molar-refractivity contribution is 7.89. The van der Waals surface area contributed by atoms with E-state index in [1.807, 2.05) is 18.2 Å². The van der Waals surface area contributed by atoms with Gasteiger partial charge in [-0.3, -0.25) is 9.69 Å². The van der Waals surface area contributed by atoms with Crippen molar-refractivity contribution in [1.82, 2.24) is 9.29 Å². The number of nitrogens with zero attached hydrogens (tertiary/aromatic N) is 3. The molecule has 0 saturated carbocycles. The molecule has 0 bridgehead atoms. The van der Waals surface area contributed by atoms with Crippen LogP contribution in [0.15, 0.2) is 70.2 Å². The van der Waals surface area contributed by atoms with Crippen molar-refractivity contribution in [1.29, 1.82) is 0 Å². The number of piperidine rings is 1. The molecule has 3 heterocycles. The first-order chi connectivity index (χ1) is 18.1. The molecule has 0 N–H and O–H groups in total. The smallest absolute Gasteiger partial charge is 0.260 e. The zero-order chi connectivity index (χ0) is 27.0. The van der Waals surface area contributed by atoms with E-state index in [0.29, 0.717) is 47.3 Å². The van der Waals surface area contributed by atoms with Crippen molar-refractivity contribution in [2.24, 2.45) is 11.8 Å². The number of anilines is 1. The number of rotatable bonds is 7. The topological polar surface area (TPSA) is 83.7 Å². The first kappa shape index (κ1) is 26.6. The second-order valence-electron chi connectivity index (χ2n) is 10.6. The number of hydrogen-bond donors (Lipinski definition) is 0. The van der Waals surface area contributed by atoms with Gasteiger partial charge in [-0.05, 0) is 72.2 Å². The average Bonchev–Trinajstić information content (AvgIpc) is 3.56. The van der Waals surface area contributed by atoms with E-state index in [-0.39, 0.29) is 17.3 Å². The standard InChI is InChI=1S/C29H33N3O4S2/c1-19(2)25-8-5-9-26-27(25)30-29(37-26)32(18-23-7-6-14-36-23)28(33)22-10-12-24(13-11-22)38(34,35)31-16-20(3)15-21(4)17-31/h5-14,19-21H,15-18H2,1-4H3. The molecule has 2 aromatic heterocycles. The van der Waals surface area contributed by atoms with E-state index in [0.717, 1.165) is 22.2 Å². The minimum absolute atomic E-state index is 0.203. The van der Waals surface area contributed by atoms with Crippen LogP contribution in [0.4, 0.5) is 5.13 Å². The monoisotopic (exact) mass is 551 g/mol. The molecule has 0 aliphatic carbocycles. The Morgan fingerprint density at radius 2 is 1.79 bits per heavy atom. The second kappa shape index (κ2) is 10.6. The van der Waals surface area contributed by atoms with E-state index in [9.17, 15) is 13.2 Å². The third-order valence-electron chi connectivity index (χ3n) is 7.01. The van der Waals surface area contributed by atoms with E-state index in [1.165, 1.54) is 23.5 Å². The van der Waals surface area contributed by atoms with Crippen molar-refractivity contribution >= 4 is 42.6 Å². The Kier molecular flexibility index (Phi) is 7.44. The van der Waals surface area contributed by atoms with Gasteiger partial charge < -0.3 is 4.42 Å². The molecule has 38 heavy (non-hydrogen) atoms. The van der Waals surface area contributed by atoms with Crippen LogP contribution in [0.5, 0.6) is 0 Å². The predicted molar refractivity (Wildman–Crippen MR) is 151 cm³/mol. The van der Waals surface area contributed by atoms with Gasteiger partial charge in [-0.15, -0.1) is 0 Å². The summed E-state index contributed by atoms with van der Waals surface area (Å²) in [6.45, 7) is 9.66. The largest absolute Gasteiger partial charge is 0.467 e. The summed E-state index contributed by atoms with van der Waals surface area (Å²) in [5.41, 5.74) is 2.41. The number of carbonyl (C=O) groups is 1. The molecular weight excluding hydrogens is 518 g/mol. The van der Waals surface area contributed by atoms with Crippen LogP contribution in [0.2, 0.25) is 0 Å². The molecule has 2 unspecified atom stereocenters. The molecular formula is C29H33N3O4S2. The van der Waals surface area contributed by atoms with Crippen LogP contribution < -0.4 is 4.90 Å². The fourth-order valence-corrected chi connectivity index (χ4v) is 7.88. The van der Waals surface area contributed by atoms with Crippen LogP contribution >= 0.6 is 11.3 Å². The Labute approximate surface area is 228 Å². The number of hydrogen-bond acceptors (Lipinski definition) is 6. The number of carbonyl (C=O) groups excluding carboxylic acids is 1. The summed E-state index contributed by atoms with van der Waals surface area (Å²) in [7, 11) is -3.63. The Hall–Kier alpha value is -3.01. The lowest BCUT2D eigenvalue weighted by molar-refractivity contribution is 0.0983. The van der Waals surface area contributed by atoms with Crippen LogP contribution in [0.1, 0.15) is 61.7 Å². The van der Waals surface area contributed by atoms with Gasteiger partial charge in [0.25, 0.3) is 5.91 Å². The summed E-state index contributed by atoms with van der Waals surface area (Å²) < 4.78 is 34.8. The number of fused-ring (bicyclic) bond motifs is 1. The van der Waals surface area contributed by atoms with Gasteiger partial charge in [0, 0.05) is 18.7 Å². The zero-order valence-electron chi connectivity index (χ0n) is 22.1. The first-order valence-corrected chi connectivity index (χ1v) is 15.2. The third kappa shape index (κ3) is 5.28. The molecule has 0 spiro atoms. The van der Waals surface area contributed by atoms with Gasteiger partial charge >= 0.3 is 0 Å². The van der Waals surface area contributed by atoms with Crippen LogP contribution in [-0.2, 0) is 16.6 Å². The molecule has 0 radical (unpaired) electrons. The van der Waals surface area contributed by atoms with Crippen molar-refractivity contribution in [3.63, 3.8) is 0 Å². The predicted octanol–water partition coefficient (Wildman–Crippen LogP) is 6.53. The van der Waals surface area contributed by atoms with Crippen molar-refractivity contribution in [2.75, 3.05) is 18.0 Å². The lowest BCUT2D eigenvalue weighted by Gasteiger charge is -2.34. The van der Waals surface area contributed by atoms with Gasteiger partial charge in [0.1, 0.15) is 5.76 Å². The SMILES string of the molecule is CC1CC(C)CN(S(=O)(=O)c2ccc(C(=O)N(Cc3ccco3)c3nc4c(C(C)C)cccc4s3)cc2)C1. The van der Waals surface area contributed by atoms with Crippen molar-refractivity contribution < 1.29 is 17.6 Å². The van der Waals surface area contributed by atoms with Crippen LogP contribution in [0, 0.1) is 11.8 Å². The van der Waals surface area contributed by atoms with Crippen LogP contribution in [0.3, 0.4) is 0 Å². The maximum absolute atomic E-state index is 13.8. The van der Waals surface area contributed by atoms with E-state index in [1.54, 1.807) is 33.7 Å². The fourth-order valence-electron chi connectivity index (χ4n) is 5.20. The number of para-hydroxylation sites is 1. The molecule has 1 saturated heterocycles. The number of furan rings is 1. The van der Waals surface area contributed by atoms with E-state index in [2.05, 4.69) is 33.8 Å². The van der Waals surface area contributed by atoms with Crippen LogP contribution in [0.25, 0.3) is 10.2 Å². The molecule has 1 aliphatic heterocycles. The van der Waals surface area contributed by atoms with Gasteiger partial charge in [0.05, 0.1) is 27.9 Å². The summed E-state index contributed by atoms with van der Waals surface area (Å²) in [6.07, 6.45) is 2.60. The Balaban J connectivity index is 1.47. The number of benzene rings is 2. The van der Waals surface area contributed by atoms with Crippen LogP contribution in [-0.4, -0.2) is 36.7 Å². The minimum atomic E-state index is -3.63. The maximum Gasteiger partial charge on any atom is 0.260 e. The van der Waals surface area contributed by atoms with Crippen molar-refractivity contribution in [3.8, 4) is 0 Å². The summed E-state index contributed by atoms with van der Waals surface area (Å²) in [6, 6.07) is 16.0. The second-order valence-corrected chi connectivity index (χ2v) is 13.6. The zero-order valence-corrected chi connectivity index (χ0v) is 23.8. The average molecular weight is 552 g/mol. The summed E-state index contributed by atoms with van der Waals surface area (Å²) in [5, 5.41) is 0.572. The highest BCUT2D eigenvalue weighted by atomic mass is 32.2. The molecule has 4 aromatic rings. The molecule has 1 amide bonds. The lowest BCUT2D eigenvalue weighted by Crippen LogP contribution is -2.42. The minimum Gasteiger partial charge on any atom is -0.467 e. The van der Waals surface area contributed by atoms with E-state index in [4.69, 9.17) is 9.40 Å². The number of thiazole rings is 1. The molecule has 200 valence electrons. The number of sulfonamides is 1. The molecule has 7 nitrogen and oxygen atoms in total. The van der Waals surface area contributed by atoms with Crippen molar-refractivity contribution in [3.05, 3.63) is 77.7 Å². The summed E-state index contributed by atoms with van der Waals surface area (Å²) >= 11 is 1.46. The van der Waals surface area contributed by atoms with Gasteiger partial charge in [-0.25, -0.2) is 13.4 Å². The summed E-state index contributed by atoms with van der Waals surface area (Å²) in [5.74, 6) is 1.29.